The van der Waals surface area contributed by atoms with Crippen LogP contribution in [0.2, 0.25) is 5.02 Å². The molecule has 0 saturated carbocycles. The Morgan fingerprint density at radius 2 is 1.48 bits per heavy atom. The van der Waals surface area contributed by atoms with Gasteiger partial charge in [0.25, 0.3) is 17.7 Å². The molecule has 12 nitrogen and oxygen atoms in total. The number of carbonyl (C=O) groups is 5. The van der Waals surface area contributed by atoms with Gasteiger partial charge in [-0.2, -0.15) is 0 Å². The predicted molar refractivity (Wildman–Crippen MR) is 201 cm³/mol. The van der Waals surface area contributed by atoms with E-state index in [-0.39, 0.29) is 24.2 Å². The van der Waals surface area contributed by atoms with Gasteiger partial charge in [0.1, 0.15) is 6.04 Å². The van der Waals surface area contributed by atoms with Crippen molar-refractivity contribution in [2.75, 3.05) is 55.6 Å². The van der Waals surface area contributed by atoms with Crippen molar-refractivity contribution < 1.29 is 24.0 Å². The van der Waals surface area contributed by atoms with Gasteiger partial charge in [-0.15, -0.1) is 0 Å². The molecule has 6 heterocycles. The summed E-state index contributed by atoms with van der Waals surface area (Å²) in [5.74, 6) is -1.59. The summed E-state index contributed by atoms with van der Waals surface area (Å²) in [5, 5.41) is 2.75. The Morgan fingerprint density at radius 1 is 0.852 bits per heavy atom. The SMILES string of the molecule is [C-]#[N+]c1ccc(N2CCC3(CCN(c4ccc(C(=O)N5CC(CN6Cc7cc8c(cc7C6)C(=O)N(C6CCC(=O)NC6=O)C8=O)C5)cc4)CC3)C2)cc1Cl. The van der Waals surface area contributed by atoms with E-state index in [1.807, 2.05) is 35.2 Å². The first-order valence-corrected chi connectivity index (χ1v) is 19.1. The largest absolute Gasteiger partial charge is 0.371 e. The van der Waals surface area contributed by atoms with Crippen molar-refractivity contribution >= 4 is 58.2 Å². The third-order valence-corrected chi connectivity index (χ3v) is 12.8. The van der Waals surface area contributed by atoms with Crippen molar-refractivity contribution in [1.29, 1.82) is 0 Å². The Labute approximate surface area is 318 Å². The minimum absolute atomic E-state index is 0.0460. The summed E-state index contributed by atoms with van der Waals surface area (Å²) in [6, 6.07) is 16.4. The van der Waals surface area contributed by atoms with Crippen LogP contribution in [0.4, 0.5) is 17.1 Å². The molecule has 6 aliphatic heterocycles. The maximum Gasteiger partial charge on any atom is 0.262 e. The number of halogens is 1. The van der Waals surface area contributed by atoms with Crippen LogP contribution in [0, 0.1) is 17.9 Å². The lowest BCUT2D eigenvalue weighted by molar-refractivity contribution is -0.136. The monoisotopic (exact) mass is 745 g/mol. The number of hydrogen-bond acceptors (Lipinski definition) is 8. The van der Waals surface area contributed by atoms with E-state index in [4.69, 9.17) is 18.2 Å². The standard InChI is InChI=1S/C41H40ClN7O5/c1-43-34-7-6-30(18-33(34)42)47-15-12-41(24-47)10-13-46(14-11-41)29-4-2-26(3-5-29)38(52)48-20-25(21-48)19-45-22-27-16-31-32(17-28(27)23-45)40(54)49(39(31)53)35-8-9-36(50)44-37(35)51/h2-7,16-18,25,35H,8-15,19-24H2,(H,44,50,51). The van der Waals surface area contributed by atoms with Gasteiger partial charge in [-0.25, -0.2) is 4.85 Å². The number of carbonyl (C=O) groups excluding carboxylic acids is 5. The van der Waals surface area contributed by atoms with Gasteiger partial charge in [-0.1, -0.05) is 17.7 Å². The molecule has 6 aliphatic rings. The second-order valence-electron chi connectivity index (χ2n) is 15.8. The number of fused-ring (bicyclic) bond motifs is 2. The molecule has 0 bridgehead atoms. The van der Waals surface area contributed by atoms with Crippen LogP contribution in [-0.4, -0.2) is 96.1 Å². The average Bonchev–Trinajstić information content (AvgIpc) is 3.82. The fourth-order valence-electron chi connectivity index (χ4n) is 9.37. The Hall–Kier alpha value is -5.25. The zero-order valence-electron chi connectivity index (χ0n) is 29.9. The second kappa shape index (κ2) is 13.2. The highest BCUT2D eigenvalue weighted by atomic mass is 35.5. The number of benzene rings is 3. The topological polar surface area (TPSA) is 118 Å². The third-order valence-electron chi connectivity index (χ3n) is 12.5. The number of anilines is 2. The molecule has 1 N–H and O–H groups in total. The van der Waals surface area contributed by atoms with Gasteiger partial charge in [0.05, 0.1) is 17.7 Å². The summed E-state index contributed by atoms with van der Waals surface area (Å²) in [6.45, 7) is 14.7. The molecule has 3 aromatic rings. The first-order valence-electron chi connectivity index (χ1n) is 18.7. The van der Waals surface area contributed by atoms with E-state index in [1.165, 1.54) is 0 Å². The van der Waals surface area contributed by atoms with E-state index in [0.717, 1.165) is 79.4 Å². The summed E-state index contributed by atoms with van der Waals surface area (Å²) < 4.78 is 0. The maximum absolute atomic E-state index is 13.4. The molecular weight excluding hydrogens is 706 g/mol. The highest BCUT2D eigenvalue weighted by Crippen LogP contribution is 2.44. The van der Waals surface area contributed by atoms with Gasteiger partial charge in [-0.3, -0.25) is 39.1 Å². The number of nitrogens with zero attached hydrogens (tertiary/aromatic N) is 6. The first kappa shape index (κ1) is 34.5. The summed E-state index contributed by atoms with van der Waals surface area (Å²) in [4.78, 5) is 77.4. The molecular formula is C41H40ClN7O5. The molecule has 4 fully saturated rings. The number of hydrogen-bond donors (Lipinski definition) is 1. The molecule has 4 saturated heterocycles. The van der Waals surface area contributed by atoms with Crippen molar-refractivity contribution in [3.63, 3.8) is 0 Å². The van der Waals surface area contributed by atoms with Gasteiger partial charge >= 0.3 is 0 Å². The van der Waals surface area contributed by atoms with Gasteiger partial charge < -0.3 is 14.7 Å². The average molecular weight is 746 g/mol. The zero-order valence-corrected chi connectivity index (χ0v) is 30.6. The van der Waals surface area contributed by atoms with E-state index in [1.54, 1.807) is 12.1 Å². The van der Waals surface area contributed by atoms with Crippen LogP contribution in [0.1, 0.15) is 74.3 Å². The minimum atomic E-state index is -0.972. The van der Waals surface area contributed by atoms with Crippen LogP contribution in [0.5, 0.6) is 0 Å². The van der Waals surface area contributed by atoms with Gasteiger partial charge in [0.15, 0.2) is 0 Å². The first-order chi connectivity index (χ1) is 26.1. The summed E-state index contributed by atoms with van der Waals surface area (Å²) in [7, 11) is 0. The number of rotatable bonds is 6. The maximum atomic E-state index is 13.4. The van der Waals surface area contributed by atoms with Crippen molar-refractivity contribution in [2.24, 2.45) is 11.3 Å². The second-order valence-corrected chi connectivity index (χ2v) is 16.2. The van der Waals surface area contributed by atoms with Crippen LogP contribution >= 0.6 is 11.6 Å². The molecule has 0 radical (unpaired) electrons. The van der Waals surface area contributed by atoms with Crippen molar-refractivity contribution in [2.45, 2.75) is 51.2 Å². The van der Waals surface area contributed by atoms with E-state index in [2.05, 4.69) is 37.0 Å². The van der Waals surface area contributed by atoms with Crippen LogP contribution in [0.3, 0.4) is 0 Å². The minimum Gasteiger partial charge on any atom is -0.371 e. The Balaban J connectivity index is 0.744. The molecule has 3 aromatic carbocycles. The van der Waals surface area contributed by atoms with Crippen molar-refractivity contribution in [3.8, 4) is 0 Å². The number of imide groups is 2. The van der Waals surface area contributed by atoms with Crippen LogP contribution in [-0.2, 0) is 22.7 Å². The normalized spacial score (nSPS) is 22.4. The van der Waals surface area contributed by atoms with E-state index in [0.29, 0.717) is 59.5 Å². The Morgan fingerprint density at radius 3 is 2.09 bits per heavy atom. The van der Waals surface area contributed by atoms with E-state index in [9.17, 15) is 24.0 Å². The molecule has 0 aliphatic carbocycles. The molecule has 5 amide bonds. The summed E-state index contributed by atoms with van der Waals surface area (Å²) >= 11 is 6.33. The Kier molecular flexibility index (Phi) is 8.47. The number of amides is 5. The third kappa shape index (κ3) is 6.00. The molecule has 1 spiro atoms. The highest BCUT2D eigenvalue weighted by molar-refractivity contribution is 6.33. The molecule has 276 valence electrons. The molecule has 13 heteroatoms. The fourth-order valence-corrected chi connectivity index (χ4v) is 9.58. The van der Waals surface area contributed by atoms with Crippen LogP contribution < -0.4 is 15.1 Å². The van der Waals surface area contributed by atoms with E-state index >= 15 is 0 Å². The van der Waals surface area contributed by atoms with Crippen LogP contribution in [0.25, 0.3) is 4.85 Å². The number of nitrogens with one attached hydrogen (secondary N) is 1. The fraction of sp³-hybridized carbons (Fsp3) is 0.415. The van der Waals surface area contributed by atoms with Gasteiger partial charge in [-0.05, 0) is 90.8 Å². The zero-order chi connectivity index (χ0) is 37.3. The molecule has 1 atom stereocenters. The molecule has 0 aromatic heterocycles. The van der Waals surface area contributed by atoms with Gasteiger partial charge in [0.2, 0.25) is 17.5 Å². The lowest BCUT2D eigenvalue weighted by Gasteiger charge is -2.41. The molecule has 1 unspecified atom stereocenters. The quantitative estimate of drug-likeness (QED) is 0.281. The summed E-state index contributed by atoms with van der Waals surface area (Å²) in [5.41, 5.74) is 6.32. The van der Waals surface area contributed by atoms with Gasteiger partial charge in [0, 0.05) is 93.2 Å². The Bertz CT molecular complexity index is 2110. The molecule has 9 rings (SSSR count). The number of piperidine rings is 2. The lowest BCUT2D eigenvalue weighted by Crippen LogP contribution is -2.54. The molecule has 54 heavy (non-hydrogen) atoms. The number of likely N-dealkylation sites (tertiary alicyclic amines) is 1. The smallest absolute Gasteiger partial charge is 0.262 e. The van der Waals surface area contributed by atoms with Crippen molar-refractivity contribution in [1.82, 2.24) is 20.0 Å². The van der Waals surface area contributed by atoms with Crippen molar-refractivity contribution in [3.05, 3.63) is 98.9 Å². The highest BCUT2D eigenvalue weighted by Gasteiger charge is 2.46. The summed E-state index contributed by atoms with van der Waals surface area (Å²) in [6.07, 6.45) is 3.59. The lowest BCUT2D eigenvalue weighted by atomic mass is 9.77. The van der Waals surface area contributed by atoms with Crippen LogP contribution in [0.15, 0.2) is 54.6 Å². The van der Waals surface area contributed by atoms with E-state index < -0.39 is 29.7 Å². The predicted octanol–water partition coefficient (Wildman–Crippen LogP) is 4.88.